The van der Waals surface area contributed by atoms with Crippen molar-refractivity contribution in [2.24, 2.45) is 17.1 Å². The molecular weight excluding hydrogens is 178 g/mol. The summed E-state index contributed by atoms with van der Waals surface area (Å²) in [4.78, 5) is 0. The summed E-state index contributed by atoms with van der Waals surface area (Å²) in [5, 5.41) is 9.39. The van der Waals surface area contributed by atoms with Crippen LogP contribution in [0.4, 0.5) is 0 Å². The lowest BCUT2D eigenvalue weighted by atomic mass is 9.74. The SMILES string of the molecule is COCCCCC(CN)(CO)C(C)C. The van der Waals surface area contributed by atoms with Gasteiger partial charge in [0.15, 0.2) is 0 Å². The van der Waals surface area contributed by atoms with Gasteiger partial charge in [0.2, 0.25) is 0 Å². The Morgan fingerprint density at radius 3 is 2.36 bits per heavy atom. The highest BCUT2D eigenvalue weighted by atomic mass is 16.5. The van der Waals surface area contributed by atoms with Gasteiger partial charge < -0.3 is 15.6 Å². The molecular formula is C11H25NO2. The molecule has 0 aliphatic carbocycles. The number of nitrogens with two attached hydrogens (primary N) is 1. The zero-order valence-electron chi connectivity index (χ0n) is 9.75. The summed E-state index contributed by atoms with van der Waals surface area (Å²) in [7, 11) is 1.71. The maximum atomic E-state index is 9.39. The van der Waals surface area contributed by atoms with Crippen molar-refractivity contribution in [3.63, 3.8) is 0 Å². The van der Waals surface area contributed by atoms with E-state index in [2.05, 4.69) is 13.8 Å². The molecule has 0 radical (unpaired) electrons. The van der Waals surface area contributed by atoms with E-state index in [4.69, 9.17) is 10.5 Å². The molecule has 0 aromatic carbocycles. The third-order valence-corrected chi connectivity index (χ3v) is 3.22. The number of rotatable bonds is 8. The number of hydrogen-bond acceptors (Lipinski definition) is 3. The van der Waals surface area contributed by atoms with Crippen molar-refractivity contribution in [1.29, 1.82) is 0 Å². The molecule has 1 unspecified atom stereocenters. The standard InChI is InChI=1S/C11H25NO2/c1-10(2)11(8-12,9-13)6-4-5-7-14-3/h10,13H,4-9,12H2,1-3H3. The van der Waals surface area contributed by atoms with Crippen LogP contribution in [0.5, 0.6) is 0 Å². The summed E-state index contributed by atoms with van der Waals surface area (Å²) in [5.74, 6) is 0.431. The van der Waals surface area contributed by atoms with E-state index in [0.29, 0.717) is 12.5 Å². The van der Waals surface area contributed by atoms with Crippen LogP contribution in [-0.4, -0.2) is 32.0 Å². The maximum Gasteiger partial charge on any atom is 0.0501 e. The third kappa shape index (κ3) is 3.95. The van der Waals surface area contributed by atoms with E-state index in [-0.39, 0.29) is 12.0 Å². The summed E-state index contributed by atoms with van der Waals surface area (Å²) in [6.45, 7) is 5.80. The Hall–Kier alpha value is -0.120. The van der Waals surface area contributed by atoms with E-state index >= 15 is 0 Å². The molecule has 0 heterocycles. The van der Waals surface area contributed by atoms with Gasteiger partial charge in [-0.2, -0.15) is 0 Å². The summed E-state index contributed by atoms with van der Waals surface area (Å²) >= 11 is 0. The van der Waals surface area contributed by atoms with Crippen LogP contribution < -0.4 is 5.73 Å². The first-order chi connectivity index (χ1) is 6.63. The first-order valence-corrected chi connectivity index (χ1v) is 5.43. The van der Waals surface area contributed by atoms with Crippen LogP contribution in [-0.2, 0) is 4.74 Å². The smallest absolute Gasteiger partial charge is 0.0501 e. The van der Waals surface area contributed by atoms with Crippen molar-refractivity contribution in [3.8, 4) is 0 Å². The zero-order valence-corrected chi connectivity index (χ0v) is 9.75. The van der Waals surface area contributed by atoms with E-state index in [9.17, 15) is 5.11 Å². The van der Waals surface area contributed by atoms with Crippen molar-refractivity contribution >= 4 is 0 Å². The third-order valence-electron chi connectivity index (χ3n) is 3.22. The molecule has 0 saturated heterocycles. The number of methoxy groups -OCH3 is 1. The molecule has 14 heavy (non-hydrogen) atoms. The fourth-order valence-electron chi connectivity index (χ4n) is 1.68. The number of ether oxygens (including phenoxy) is 1. The lowest BCUT2D eigenvalue weighted by Crippen LogP contribution is -2.39. The lowest BCUT2D eigenvalue weighted by molar-refractivity contribution is 0.0695. The van der Waals surface area contributed by atoms with Crippen molar-refractivity contribution in [2.45, 2.75) is 33.1 Å². The molecule has 0 aromatic rings. The van der Waals surface area contributed by atoms with Crippen LogP contribution in [0.2, 0.25) is 0 Å². The molecule has 3 heteroatoms. The van der Waals surface area contributed by atoms with Crippen LogP contribution >= 0.6 is 0 Å². The van der Waals surface area contributed by atoms with Crippen molar-refractivity contribution in [1.82, 2.24) is 0 Å². The summed E-state index contributed by atoms with van der Waals surface area (Å²) in [5.41, 5.74) is 5.65. The monoisotopic (exact) mass is 203 g/mol. The molecule has 0 aromatic heterocycles. The first-order valence-electron chi connectivity index (χ1n) is 5.43. The topological polar surface area (TPSA) is 55.5 Å². The van der Waals surface area contributed by atoms with Crippen molar-refractivity contribution in [3.05, 3.63) is 0 Å². The molecule has 86 valence electrons. The fourth-order valence-corrected chi connectivity index (χ4v) is 1.68. The molecule has 0 spiro atoms. The zero-order chi connectivity index (χ0) is 11.0. The molecule has 0 aliphatic rings. The second-order valence-electron chi connectivity index (χ2n) is 4.33. The van der Waals surface area contributed by atoms with Gasteiger partial charge in [-0.1, -0.05) is 20.3 Å². The molecule has 0 saturated carbocycles. The normalized spacial score (nSPS) is 15.9. The van der Waals surface area contributed by atoms with Gasteiger partial charge in [-0.3, -0.25) is 0 Å². The Morgan fingerprint density at radius 1 is 1.36 bits per heavy atom. The largest absolute Gasteiger partial charge is 0.396 e. The second kappa shape index (κ2) is 7.21. The minimum Gasteiger partial charge on any atom is -0.396 e. The molecule has 3 N–H and O–H groups in total. The quantitative estimate of drug-likeness (QED) is 0.586. The number of aliphatic hydroxyl groups excluding tert-OH is 1. The predicted octanol–water partition coefficient (Wildman–Crippen LogP) is 1.40. The minimum atomic E-state index is -0.0895. The van der Waals surface area contributed by atoms with Gasteiger partial charge in [-0.15, -0.1) is 0 Å². The van der Waals surface area contributed by atoms with Crippen LogP contribution in [0.15, 0.2) is 0 Å². The van der Waals surface area contributed by atoms with E-state index in [0.717, 1.165) is 25.9 Å². The molecule has 1 atom stereocenters. The Bertz CT molecular complexity index is 133. The van der Waals surface area contributed by atoms with E-state index in [1.165, 1.54) is 0 Å². The minimum absolute atomic E-state index is 0.0895. The van der Waals surface area contributed by atoms with Crippen molar-refractivity contribution < 1.29 is 9.84 Å². The Morgan fingerprint density at radius 2 is 2.00 bits per heavy atom. The highest BCUT2D eigenvalue weighted by Crippen LogP contribution is 2.31. The molecule has 0 bridgehead atoms. The Kier molecular flexibility index (Phi) is 7.15. The lowest BCUT2D eigenvalue weighted by Gasteiger charge is -2.34. The van der Waals surface area contributed by atoms with Crippen LogP contribution in [0.1, 0.15) is 33.1 Å². The van der Waals surface area contributed by atoms with Crippen LogP contribution in [0.3, 0.4) is 0 Å². The van der Waals surface area contributed by atoms with Gasteiger partial charge in [-0.25, -0.2) is 0 Å². The fraction of sp³-hybridized carbons (Fsp3) is 1.00. The van der Waals surface area contributed by atoms with Gasteiger partial charge in [0.25, 0.3) is 0 Å². The molecule has 0 aliphatic heterocycles. The average Bonchev–Trinajstić information content (AvgIpc) is 2.18. The highest BCUT2D eigenvalue weighted by Gasteiger charge is 2.30. The van der Waals surface area contributed by atoms with Crippen LogP contribution in [0.25, 0.3) is 0 Å². The van der Waals surface area contributed by atoms with Gasteiger partial charge in [0.05, 0.1) is 6.61 Å². The van der Waals surface area contributed by atoms with Crippen LogP contribution in [0, 0.1) is 11.3 Å². The van der Waals surface area contributed by atoms with Gasteiger partial charge in [0, 0.05) is 25.7 Å². The van der Waals surface area contributed by atoms with E-state index in [1.54, 1.807) is 7.11 Å². The number of aliphatic hydroxyl groups is 1. The van der Waals surface area contributed by atoms with Gasteiger partial charge in [0.1, 0.15) is 0 Å². The highest BCUT2D eigenvalue weighted by molar-refractivity contribution is 4.82. The van der Waals surface area contributed by atoms with Gasteiger partial charge >= 0.3 is 0 Å². The molecule has 0 fully saturated rings. The van der Waals surface area contributed by atoms with E-state index < -0.39 is 0 Å². The average molecular weight is 203 g/mol. The molecule has 3 nitrogen and oxygen atoms in total. The van der Waals surface area contributed by atoms with E-state index in [1.807, 2.05) is 0 Å². The summed E-state index contributed by atoms with van der Waals surface area (Å²) < 4.78 is 4.99. The summed E-state index contributed by atoms with van der Waals surface area (Å²) in [6, 6.07) is 0. The predicted molar refractivity (Wildman–Crippen MR) is 59.1 cm³/mol. The molecule has 0 amide bonds. The Labute approximate surface area is 87.6 Å². The second-order valence-corrected chi connectivity index (χ2v) is 4.33. The summed E-state index contributed by atoms with van der Waals surface area (Å²) in [6.07, 6.45) is 3.11. The Balaban J connectivity index is 3.95. The van der Waals surface area contributed by atoms with Crippen molar-refractivity contribution in [2.75, 3.05) is 26.9 Å². The molecule has 0 rings (SSSR count). The maximum absolute atomic E-state index is 9.39. The number of hydrogen-bond donors (Lipinski definition) is 2. The first kappa shape index (κ1) is 13.9. The van der Waals surface area contributed by atoms with Gasteiger partial charge in [-0.05, 0) is 18.8 Å². The number of unbranched alkanes of at least 4 members (excludes halogenated alkanes) is 1.